The normalized spacial score (nSPS) is 10.3. The first-order chi connectivity index (χ1) is 7.18. The monoisotopic (exact) mass is 263 g/mol. The summed E-state index contributed by atoms with van der Waals surface area (Å²) in [5.74, 6) is 0.446. The Morgan fingerprint density at radius 1 is 1.20 bits per heavy atom. The van der Waals surface area contributed by atoms with Gasteiger partial charge in [-0.15, -0.1) is 0 Å². The molecular weight excluding hydrogens is 254 g/mol. The maximum Gasteiger partial charge on any atom is 0.150 e. The molecule has 0 aliphatic rings. The van der Waals surface area contributed by atoms with Crippen LogP contribution in [0, 0.1) is 6.92 Å². The Morgan fingerprint density at radius 3 is 2.60 bits per heavy atom. The molecule has 3 nitrogen and oxygen atoms in total. The van der Waals surface area contributed by atoms with E-state index in [0.29, 0.717) is 11.5 Å². The largest absolute Gasteiger partial charge is 0.382 e. The predicted molar refractivity (Wildman–Crippen MR) is 64.3 cm³/mol. The second-order valence-electron chi connectivity index (χ2n) is 3.27. The number of hydrogen-bond acceptors (Lipinski definition) is 3. The Labute approximate surface area is 96.5 Å². The van der Waals surface area contributed by atoms with E-state index >= 15 is 0 Å². The molecule has 0 aliphatic heterocycles. The maximum atomic E-state index is 5.77. The molecule has 2 rings (SSSR count). The number of nitrogens with two attached hydrogens (primary N) is 1. The molecule has 2 aromatic rings. The lowest BCUT2D eigenvalue weighted by atomic mass is 10.1. The highest BCUT2D eigenvalue weighted by Gasteiger charge is 2.08. The molecule has 0 unspecified atom stereocenters. The highest BCUT2D eigenvalue weighted by atomic mass is 79.9. The molecule has 1 aromatic carbocycles. The summed E-state index contributed by atoms with van der Waals surface area (Å²) >= 11 is 3.49. The van der Waals surface area contributed by atoms with E-state index in [1.807, 2.05) is 25.1 Å². The van der Waals surface area contributed by atoms with Crippen molar-refractivity contribution < 1.29 is 0 Å². The summed E-state index contributed by atoms with van der Waals surface area (Å²) in [6.45, 7) is 2.04. The van der Waals surface area contributed by atoms with Gasteiger partial charge in [0.15, 0.2) is 0 Å². The lowest BCUT2D eigenvalue weighted by Crippen LogP contribution is -1.96. The van der Waals surface area contributed by atoms with Gasteiger partial charge in [-0.05, 0) is 18.6 Å². The molecule has 0 spiro atoms. The minimum Gasteiger partial charge on any atom is -0.382 e. The van der Waals surface area contributed by atoms with E-state index in [1.54, 1.807) is 12.4 Å². The summed E-state index contributed by atoms with van der Waals surface area (Å²) in [5.41, 5.74) is 8.63. The van der Waals surface area contributed by atoms with E-state index in [-0.39, 0.29) is 0 Å². The first kappa shape index (κ1) is 10.1. The van der Waals surface area contributed by atoms with E-state index in [4.69, 9.17) is 5.73 Å². The van der Waals surface area contributed by atoms with Crippen LogP contribution in [0.4, 0.5) is 5.82 Å². The smallest absolute Gasteiger partial charge is 0.150 e. The first-order valence-corrected chi connectivity index (χ1v) is 5.31. The molecule has 1 aromatic heterocycles. The number of aromatic nitrogens is 2. The Bertz CT molecular complexity index is 497. The van der Waals surface area contributed by atoms with Crippen LogP contribution in [0.3, 0.4) is 0 Å². The third kappa shape index (κ3) is 1.99. The molecule has 0 aliphatic carbocycles. The number of halogens is 1. The molecule has 0 atom stereocenters. The van der Waals surface area contributed by atoms with Gasteiger partial charge in [-0.2, -0.15) is 0 Å². The van der Waals surface area contributed by atoms with Gasteiger partial charge in [0.05, 0.1) is 0 Å². The molecule has 0 amide bonds. The van der Waals surface area contributed by atoms with Crippen molar-refractivity contribution >= 4 is 21.7 Å². The Hall–Kier alpha value is -1.42. The molecule has 0 saturated heterocycles. The number of hydrogen-bond donors (Lipinski definition) is 1. The second-order valence-corrected chi connectivity index (χ2v) is 4.13. The summed E-state index contributed by atoms with van der Waals surface area (Å²) < 4.78 is 0.981. The summed E-state index contributed by atoms with van der Waals surface area (Å²) in [6.07, 6.45) is 3.22. The summed E-state index contributed by atoms with van der Waals surface area (Å²) in [5, 5.41) is 0. The molecule has 0 saturated carbocycles. The molecule has 15 heavy (non-hydrogen) atoms. The van der Waals surface area contributed by atoms with Crippen LogP contribution >= 0.6 is 15.9 Å². The number of benzene rings is 1. The van der Waals surface area contributed by atoms with Crippen LogP contribution in [0.1, 0.15) is 5.56 Å². The number of anilines is 1. The van der Waals surface area contributed by atoms with E-state index in [0.717, 1.165) is 10.0 Å². The van der Waals surface area contributed by atoms with Gasteiger partial charge < -0.3 is 5.73 Å². The molecule has 0 bridgehead atoms. The number of rotatable bonds is 1. The van der Waals surface area contributed by atoms with Gasteiger partial charge in [0.1, 0.15) is 11.5 Å². The van der Waals surface area contributed by atoms with Gasteiger partial charge in [0, 0.05) is 22.4 Å². The van der Waals surface area contributed by atoms with E-state index in [9.17, 15) is 0 Å². The molecular formula is C11H10BrN3. The fourth-order valence-electron chi connectivity index (χ4n) is 1.37. The van der Waals surface area contributed by atoms with Crippen molar-refractivity contribution in [1.29, 1.82) is 0 Å². The summed E-state index contributed by atoms with van der Waals surface area (Å²) in [4.78, 5) is 8.24. The molecule has 2 N–H and O–H groups in total. The fourth-order valence-corrected chi connectivity index (χ4v) is 2.05. The zero-order chi connectivity index (χ0) is 10.8. The lowest BCUT2D eigenvalue weighted by Gasteiger charge is -2.06. The molecule has 0 fully saturated rings. The van der Waals surface area contributed by atoms with Gasteiger partial charge in [0.25, 0.3) is 0 Å². The van der Waals surface area contributed by atoms with Crippen LogP contribution in [-0.2, 0) is 0 Å². The van der Waals surface area contributed by atoms with Crippen molar-refractivity contribution in [3.05, 3.63) is 40.6 Å². The fraction of sp³-hybridized carbons (Fsp3) is 0.0909. The Morgan fingerprint density at radius 2 is 1.93 bits per heavy atom. The van der Waals surface area contributed by atoms with Crippen molar-refractivity contribution in [3.8, 4) is 11.3 Å². The zero-order valence-electron chi connectivity index (χ0n) is 8.24. The maximum absolute atomic E-state index is 5.77. The first-order valence-electron chi connectivity index (χ1n) is 4.51. The van der Waals surface area contributed by atoms with Gasteiger partial charge in [-0.1, -0.05) is 28.1 Å². The Balaban J connectivity index is 2.60. The van der Waals surface area contributed by atoms with Crippen LogP contribution < -0.4 is 5.73 Å². The third-order valence-electron chi connectivity index (χ3n) is 2.11. The van der Waals surface area contributed by atoms with Gasteiger partial charge in [-0.25, -0.2) is 4.98 Å². The van der Waals surface area contributed by atoms with E-state index < -0.39 is 0 Å². The molecule has 76 valence electrons. The highest BCUT2D eigenvalue weighted by Crippen LogP contribution is 2.29. The lowest BCUT2D eigenvalue weighted by molar-refractivity contribution is 1.21. The average Bonchev–Trinajstić information content (AvgIpc) is 2.20. The average molecular weight is 264 g/mol. The zero-order valence-corrected chi connectivity index (χ0v) is 9.82. The van der Waals surface area contributed by atoms with Crippen LogP contribution in [0.25, 0.3) is 11.3 Å². The molecule has 1 heterocycles. The van der Waals surface area contributed by atoms with Gasteiger partial charge in [-0.3, -0.25) is 4.98 Å². The van der Waals surface area contributed by atoms with Gasteiger partial charge in [0.2, 0.25) is 0 Å². The minimum atomic E-state index is 0.446. The van der Waals surface area contributed by atoms with Crippen molar-refractivity contribution in [2.75, 3.05) is 5.73 Å². The quantitative estimate of drug-likeness (QED) is 0.861. The third-order valence-corrected chi connectivity index (χ3v) is 2.76. The SMILES string of the molecule is Cc1ccc(-c2nccnc2N)c(Br)c1. The topological polar surface area (TPSA) is 51.8 Å². The highest BCUT2D eigenvalue weighted by molar-refractivity contribution is 9.10. The van der Waals surface area contributed by atoms with Crippen molar-refractivity contribution in [3.63, 3.8) is 0 Å². The van der Waals surface area contributed by atoms with Crippen LogP contribution in [0.15, 0.2) is 35.1 Å². The van der Waals surface area contributed by atoms with Crippen LogP contribution in [-0.4, -0.2) is 9.97 Å². The van der Waals surface area contributed by atoms with Crippen LogP contribution in [0.5, 0.6) is 0 Å². The number of nitrogens with zero attached hydrogens (tertiary/aromatic N) is 2. The molecule has 0 radical (unpaired) electrons. The Kier molecular flexibility index (Phi) is 2.68. The van der Waals surface area contributed by atoms with Crippen molar-refractivity contribution in [2.24, 2.45) is 0 Å². The minimum absolute atomic E-state index is 0.446. The molecule has 4 heteroatoms. The van der Waals surface area contributed by atoms with E-state index in [2.05, 4.69) is 25.9 Å². The van der Waals surface area contributed by atoms with Gasteiger partial charge >= 0.3 is 0 Å². The standard InChI is InChI=1S/C11H10BrN3/c1-7-2-3-8(9(12)6-7)10-11(13)15-5-4-14-10/h2-6H,1H3,(H2,13,15). The second kappa shape index (κ2) is 3.98. The van der Waals surface area contributed by atoms with E-state index in [1.165, 1.54) is 5.56 Å². The van der Waals surface area contributed by atoms with Crippen LogP contribution in [0.2, 0.25) is 0 Å². The van der Waals surface area contributed by atoms with Crippen molar-refractivity contribution in [2.45, 2.75) is 6.92 Å². The number of nitrogen functional groups attached to an aromatic ring is 1. The number of aryl methyl sites for hydroxylation is 1. The summed E-state index contributed by atoms with van der Waals surface area (Å²) in [7, 11) is 0. The predicted octanol–water partition coefficient (Wildman–Crippen LogP) is 2.80. The summed E-state index contributed by atoms with van der Waals surface area (Å²) in [6, 6.07) is 6.04. The van der Waals surface area contributed by atoms with Crippen molar-refractivity contribution in [1.82, 2.24) is 9.97 Å².